The predicted molar refractivity (Wildman–Crippen MR) is 134 cm³/mol. The summed E-state index contributed by atoms with van der Waals surface area (Å²) in [6.45, 7) is 0. The number of hydrogen-bond acceptors (Lipinski definition) is 6. The highest BCUT2D eigenvalue weighted by Gasteiger charge is 2.38. The van der Waals surface area contributed by atoms with E-state index in [0.29, 0.717) is 12.1 Å². The summed E-state index contributed by atoms with van der Waals surface area (Å²) in [5, 5.41) is 0.819. The van der Waals surface area contributed by atoms with Crippen LogP contribution in [0.2, 0.25) is 0 Å². The Balaban J connectivity index is 2.13. The molecule has 0 saturated carbocycles. The van der Waals surface area contributed by atoms with Crippen molar-refractivity contribution in [1.82, 2.24) is 4.98 Å². The smallest absolute Gasteiger partial charge is 0.508 e. The van der Waals surface area contributed by atoms with Gasteiger partial charge in [-0.3, -0.25) is 9.59 Å². The van der Waals surface area contributed by atoms with Crippen LogP contribution < -0.4 is 25.3 Å². The molecule has 0 aliphatic heterocycles. The van der Waals surface area contributed by atoms with E-state index >= 15 is 8.78 Å². The molecule has 0 fully saturated rings. The van der Waals surface area contributed by atoms with Gasteiger partial charge in [0.25, 0.3) is 11.8 Å². The Morgan fingerprint density at radius 3 is 1.95 bits per heavy atom. The van der Waals surface area contributed by atoms with Gasteiger partial charge in [0.05, 0.1) is 17.4 Å². The molecule has 0 aliphatic carbocycles. The molecule has 0 radical (unpaired) electrons. The van der Waals surface area contributed by atoms with Crippen LogP contribution in [0.3, 0.4) is 0 Å². The molecule has 2 aromatic carbocycles. The number of hydrogen-bond donors (Lipinski definition) is 2. The topological polar surface area (TPSA) is 113 Å². The zero-order valence-corrected chi connectivity index (χ0v) is 21.1. The van der Waals surface area contributed by atoms with Crippen LogP contribution in [0, 0.1) is 11.6 Å². The van der Waals surface area contributed by atoms with Gasteiger partial charge in [-0.05, 0) is 36.4 Å². The second kappa shape index (κ2) is 11.2. The Kier molecular flexibility index (Phi) is 8.50. The Morgan fingerprint density at radius 1 is 0.829 bits per heavy atom. The molecule has 8 nitrogen and oxygen atoms in total. The van der Waals surface area contributed by atoms with Crippen molar-refractivity contribution in [3.63, 3.8) is 0 Å². The van der Waals surface area contributed by atoms with Gasteiger partial charge in [-0.1, -0.05) is 0 Å². The monoisotopic (exact) mass is 587 g/mol. The van der Waals surface area contributed by atoms with Gasteiger partial charge < -0.3 is 25.3 Å². The van der Waals surface area contributed by atoms with Gasteiger partial charge in [0, 0.05) is 5.30 Å². The first-order chi connectivity index (χ1) is 18.8. The van der Waals surface area contributed by atoms with Gasteiger partial charge in [0.1, 0.15) is 40.5 Å². The normalized spacial score (nSPS) is 12.0. The summed E-state index contributed by atoms with van der Waals surface area (Å²) in [6, 6.07) is 4.16. The number of ether oxygens (including phenoxy) is 3. The SMILES string of the molecule is BC(B)(B)Oc1c(Oc2ccc(C(F)(F)F)c(F)c2C(=O)Nc2ccc(C(N)=O)nc2)ccc(OC(F)(F)F)c1F. The number of anilines is 1. The molecular weight excluding hydrogens is 571 g/mol. The lowest BCUT2D eigenvalue weighted by molar-refractivity contribution is -0.275. The second-order valence-corrected chi connectivity index (χ2v) is 9.12. The third-order valence-corrected chi connectivity index (χ3v) is 4.79. The Bertz CT molecular complexity index is 1480. The van der Waals surface area contributed by atoms with Crippen molar-refractivity contribution in [2.45, 2.75) is 17.8 Å². The minimum absolute atomic E-state index is 0.195. The van der Waals surface area contributed by atoms with E-state index in [-0.39, 0.29) is 17.4 Å². The minimum Gasteiger partial charge on any atom is -0.508 e. The molecule has 0 spiro atoms. The van der Waals surface area contributed by atoms with E-state index in [1.165, 1.54) is 23.5 Å². The highest BCUT2D eigenvalue weighted by atomic mass is 19.4. The number of pyridine rings is 1. The van der Waals surface area contributed by atoms with E-state index in [9.17, 15) is 35.9 Å². The quantitative estimate of drug-likeness (QED) is 0.310. The molecule has 0 bridgehead atoms. The van der Waals surface area contributed by atoms with Crippen molar-refractivity contribution >= 4 is 41.0 Å². The number of carbonyl (C=O) groups excluding carboxylic acids is 2. The number of alkyl halides is 6. The number of aromatic nitrogens is 1. The van der Waals surface area contributed by atoms with Gasteiger partial charge in [-0.2, -0.15) is 17.6 Å². The number of amides is 2. The average Bonchev–Trinajstić information content (AvgIpc) is 2.81. The largest absolute Gasteiger partial charge is 0.573 e. The first-order valence-corrected chi connectivity index (χ1v) is 11.2. The first-order valence-electron chi connectivity index (χ1n) is 11.2. The van der Waals surface area contributed by atoms with E-state index in [2.05, 4.69) is 15.0 Å². The molecule has 214 valence electrons. The molecule has 3 rings (SSSR count). The van der Waals surface area contributed by atoms with Crippen LogP contribution in [0.1, 0.15) is 26.4 Å². The lowest BCUT2D eigenvalue weighted by atomic mass is 9.52. The number of carbonyl (C=O) groups is 2. The van der Waals surface area contributed by atoms with Crippen molar-refractivity contribution in [2.75, 3.05) is 5.32 Å². The lowest BCUT2D eigenvalue weighted by Gasteiger charge is -2.25. The van der Waals surface area contributed by atoms with Gasteiger partial charge in [-0.25, -0.2) is 9.37 Å². The summed E-state index contributed by atoms with van der Waals surface area (Å²) in [5.41, 5.74) is 1.48. The van der Waals surface area contributed by atoms with Crippen LogP contribution >= 0.6 is 0 Å². The highest BCUT2D eigenvalue weighted by Crippen LogP contribution is 2.43. The molecule has 1 aromatic heterocycles. The molecule has 1 heterocycles. The predicted octanol–water partition coefficient (Wildman–Crippen LogP) is 2.31. The molecule has 0 saturated heterocycles. The summed E-state index contributed by atoms with van der Waals surface area (Å²) >= 11 is 0. The fraction of sp³-hybridized carbons (Fsp3) is 0.136. The molecular formula is C22H16B3F8N3O5. The zero-order chi connectivity index (χ0) is 30.9. The highest BCUT2D eigenvalue weighted by molar-refractivity contribution is 6.58. The first kappa shape index (κ1) is 31.1. The number of halogens is 8. The summed E-state index contributed by atoms with van der Waals surface area (Å²) in [4.78, 5) is 27.8. The number of nitrogens with one attached hydrogen (secondary N) is 1. The van der Waals surface area contributed by atoms with Crippen LogP contribution in [0.4, 0.5) is 40.8 Å². The maximum absolute atomic E-state index is 15.2. The number of rotatable bonds is 8. The third-order valence-electron chi connectivity index (χ3n) is 4.79. The van der Waals surface area contributed by atoms with E-state index in [0.717, 1.165) is 24.4 Å². The van der Waals surface area contributed by atoms with Crippen LogP contribution in [-0.2, 0) is 6.18 Å². The lowest BCUT2D eigenvalue weighted by Crippen LogP contribution is -2.38. The molecule has 3 aromatic rings. The van der Waals surface area contributed by atoms with Gasteiger partial charge in [-0.15, -0.1) is 13.2 Å². The van der Waals surface area contributed by atoms with E-state index in [1.807, 2.05) is 0 Å². The summed E-state index contributed by atoms with van der Waals surface area (Å²) in [6.07, 6.45) is -9.64. The number of benzene rings is 2. The van der Waals surface area contributed by atoms with Gasteiger partial charge >= 0.3 is 12.5 Å². The number of nitrogens with two attached hydrogens (primary N) is 1. The summed E-state index contributed by atoms with van der Waals surface area (Å²) in [7, 11) is 4.17. The van der Waals surface area contributed by atoms with Gasteiger partial charge in [0.2, 0.25) is 5.82 Å². The third kappa shape index (κ3) is 7.82. The van der Waals surface area contributed by atoms with E-state index < -0.39 is 75.4 Å². The van der Waals surface area contributed by atoms with Crippen LogP contribution in [0.25, 0.3) is 0 Å². The standard InChI is InChI=1S/C22H16B3F8N3O5/c23-21(24,25)41-17-13(6-5-12(16(17)27)40-22(31,32)33)39-11-4-2-9(20(28,29)30)15(26)14(11)19(38)36-8-1-3-10(18(34)37)35-7-8/h1-7H,23-25H2,(H2,34,37)(H,36,38). The number of nitrogens with zero attached hydrogens (tertiary/aromatic N) is 1. The Labute approximate surface area is 228 Å². The minimum atomic E-state index is -5.30. The molecule has 0 aliphatic rings. The Hall–Kier alpha value is -4.44. The van der Waals surface area contributed by atoms with Crippen LogP contribution in [-0.4, -0.2) is 52.0 Å². The summed E-state index contributed by atoms with van der Waals surface area (Å²) < 4.78 is 123. The van der Waals surface area contributed by atoms with Crippen molar-refractivity contribution in [3.05, 3.63) is 71.1 Å². The molecule has 0 unspecified atom stereocenters. The fourth-order valence-corrected chi connectivity index (χ4v) is 3.20. The maximum atomic E-state index is 15.2. The van der Waals surface area contributed by atoms with Crippen molar-refractivity contribution in [1.29, 1.82) is 0 Å². The van der Waals surface area contributed by atoms with Crippen LogP contribution in [0.15, 0.2) is 42.6 Å². The maximum Gasteiger partial charge on any atom is 0.573 e. The fourth-order valence-electron chi connectivity index (χ4n) is 3.20. The van der Waals surface area contributed by atoms with E-state index in [1.54, 1.807) is 0 Å². The molecule has 19 heteroatoms. The zero-order valence-electron chi connectivity index (χ0n) is 21.1. The van der Waals surface area contributed by atoms with Crippen LogP contribution in [0.5, 0.6) is 23.0 Å². The number of primary amides is 1. The molecule has 3 N–H and O–H groups in total. The molecule has 0 atom stereocenters. The molecule has 2 amide bonds. The van der Waals surface area contributed by atoms with Crippen molar-refractivity contribution in [3.8, 4) is 23.0 Å². The summed E-state index contributed by atoms with van der Waals surface area (Å²) in [5.74, 6) is -10.1. The van der Waals surface area contributed by atoms with E-state index in [4.69, 9.17) is 15.2 Å². The second-order valence-electron chi connectivity index (χ2n) is 9.12. The average molecular weight is 587 g/mol. The molecule has 41 heavy (non-hydrogen) atoms. The van der Waals surface area contributed by atoms with Gasteiger partial charge in [0.15, 0.2) is 23.1 Å². The van der Waals surface area contributed by atoms with Crippen molar-refractivity contribution in [2.24, 2.45) is 5.73 Å². The Morgan fingerprint density at radius 2 is 1.44 bits per heavy atom. The van der Waals surface area contributed by atoms with Crippen molar-refractivity contribution < 1.29 is 58.9 Å².